The molecule has 0 radical (unpaired) electrons. The summed E-state index contributed by atoms with van der Waals surface area (Å²) in [6, 6.07) is 37.4. The molecule has 12 aromatic heterocycles. The first-order valence-electron chi connectivity index (χ1n) is 29.8. The molecule has 1 aliphatic heterocycles. The summed E-state index contributed by atoms with van der Waals surface area (Å²) in [7, 11) is 4.92. The molecule has 0 aliphatic carbocycles. The van der Waals surface area contributed by atoms with Crippen LogP contribution in [0.25, 0.3) is 133 Å². The van der Waals surface area contributed by atoms with Crippen LogP contribution >= 0.6 is 0 Å². The highest BCUT2D eigenvalue weighted by Crippen LogP contribution is 2.37. The van der Waals surface area contributed by atoms with Crippen LogP contribution in [0.1, 0.15) is 0 Å². The lowest BCUT2D eigenvalue weighted by Gasteiger charge is -2.28. The monoisotopic (exact) mass is 1230 g/mol. The maximum absolute atomic E-state index is 13.0. The van der Waals surface area contributed by atoms with Gasteiger partial charge in [0.05, 0.1) is 59.3 Å². The largest absolute Gasteiger partial charge is 0.497 e. The number of nitrogens with zero attached hydrogens (tertiary/aromatic N) is 9. The van der Waals surface area contributed by atoms with E-state index in [2.05, 4.69) is 134 Å². The van der Waals surface area contributed by atoms with E-state index in [9.17, 15) is 4.39 Å². The van der Waals surface area contributed by atoms with Crippen molar-refractivity contribution >= 4 is 49.8 Å². The van der Waals surface area contributed by atoms with E-state index in [1.54, 1.807) is 52.1 Å². The second-order valence-electron chi connectivity index (χ2n) is 21.7. The Hall–Kier alpha value is -12.4. The van der Waals surface area contributed by atoms with Gasteiger partial charge in [0.1, 0.15) is 34.2 Å². The smallest absolute Gasteiger partial charge is 0.161 e. The molecule has 93 heavy (non-hydrogen) atoms. The van der Waals surface area contributed by atoms with Gasteiger partial charge in [-0.25, -0.2) is 24.3 Å². The number of fused-ring (bicyclic) bond motifs is 4. The van der Waals surface area contributed by atoms with E-state index in [0.29, 0.717) is 11.5 Å². The number of halogens is 1. The highest BCUT2D eigenvalue weighted by Gasteiger charge is 2.17. The number of pyridine rings is 4. The third kappa shape index (κ3) is 12.4. The molecule has 21 nitrogen and oxygen atoms in total. The lowest BCUT2D eigenvalue weighted by Crippen LogP contribution is -2.36. The number of hydrogen-bond acceptors (Lipinski definition) is 13. The van der Waals surface area contributed by atoms with Crippen LogP contribution in [0, 0.1) is 5.82 Å². The van der Waals surface area contributed by atoms with Crippen molar-refractivity contribution < 1.29 is 23.3 Å². The summed E-state index contributed by atoms with van der Waals surface area (Å²) in [6.07, 6.45) is 29.9. The first-order valence-corrected chi connectivity index (χ1v) is 29.8. The molecule has 16 aromatic rings. The van der Waals surface area contributed by atoms with Crippen LogP contribution in [0.2, 0.25) is 0 Å². The Labute approximate surface area is 530 Å². The van der Waals surface area contributed by atoms with Crippen LogP contribution < -0.4 is 19.1 Å². The van der Waals surface area contributed by atoms with Crippen molar-refractivity contribution in [1.29, 1.82) is 0 Å². The fraction of sp³-hybridized carbons (Fsp3) is 0.0986. The molecule has 460 valence electrons. The standard InChI is InChI=1S/C20H19N5O.C18H16N4O2.C17H14N4O.C16H11FN4/c1-3-17(25-5-7-26-8-6-25)4-2-14(1)15-9-18-19(16-11-23-24-12-16)13-22-20(18)21-10-15;1-23-16-4-3-11(6-17(16)24-2)12-5-14-15(13-8-21-22-9-13)10-20-18(14)19-7-12;1-22-14-4-2-11(3-5-14)12-6-15-16(13-8-20-21-9-13)10-19-17(15)18-7-12;17-13-3-1-10(2-4-13)11-5-14-15(12-7-20-21-8-12)9-19-16(14)18-6-11/h1-4,9-13H,5-8H2,(H,21,22)(H,23,24);3-10H,1-2H3,(H,19,20)(H,21,22);2-10H,1H3,(H,18,19)(H,20,21);1-9H,(H,18,19)(H,20,21). The van der Waals surface area contributed by atoms with Gasteiger partial charge in [-0.2, -0.15) is 20.4 Å². The van der Waals surface area contributed by atoms with Crippen molar-refractivity contribution in [3.05, 3.63) is 220 Å². The van der Waals surface area contributed by atoms with E-state index in [4.69, 9.17) is 18.9 Å². The molecule has 0 amide bonds. The quantitative estimate of drug-likeness (QED) is 0.0566. The van der Waals surface area contributed by atoms with Crippen LogP contribution in [0.15, 0.2) is 214 Å². The Morgan fingerprint density at radius 1 is 0.355 bits per heavy atom. The highest BCUT2D eigenvalue weighted by atomic mass is 19.1. The Morgan fingerprint density at radius 3 is 1.06 bits per heavy atom. The second kappa shape index (κ2) is 26.3. The van der Waals surface area contributed by atoms with Gasteiger partial charge in [0, 0.05) is 181 Å². The van der Waals surface area contributed by atoms with Crippen molar-refractivity contribution in [3.8, 4) is 106 Å². The lowest BCUT2D eigenvalue weighted by molar-refractivity contribution is 0.122. The molecule has 0 saturated carbocycles. The third-order valence-electron chi connectivity index (χ3n) is 16.3. The normalized spacial score (nSPS) is 12.1. The fourth-order valence-corrected chi connectivity index (χ4v) is 11.3. The Bertz CT molecular complexity index is 5090. The number of benzene rings is 4. The van der Waals surface area contributed by atoms with Gasteiger partial charge in [-0.1, -0.05) is 42.5 Å². The Kier molecular flexibility index (Phi) is 16.5. The van der Waals surface area contributed by atoms with E-state index in [1.807, 2.05) is 123 Å². The summed E-state index contributed by atoms with van der Waals surface area (Å²) in [5.41, 5.74) is 21.4. The average Bonchev–Trinajstić information content (AvgIpc) is 1.75. The molecule has 0 bridgehead atoms. The summed E-state index contributed by atoms with van der Waals surface area (Å²) in [4.78, 5) is 33.2. The van der Waals surface area contributed by atoms with Gasteiger partial charge in [-0.05, 0) is 95.1 Å². The number of aromatic nitrogens is 16. The van der Waals surface area contributed by atoms with Gasteiger partial charge in [0.25, 0.3) is 0 Å². The summed E-state index contributed by atoms with van der Waals surface area (Å²) >= 11 is 0. The number of H-pyrrole nitrogens is 8. The predicted molar refractivity (Wildman–Crippen MR) is 359 cm³/mol. The van der Waals surface area contributed by atoms with E-state index >= 15 is 0 Å². The van der Waals surface area contributed by atoms with Gasteiger partial charge >= 0.3 is 0 Å². The van der Waals surface area contributed by atoms with Gasteiger partial charge in [0.2, 0.25) is 0 Å². The molecular formula is C71H60FN17O4. The highest BCUT2D eigenvalue weighted by molar-refractivity contribution is 5.99. The van der Waals surface area contributed by atoms with Crippen LogP contribution in [-0.2, 0) is 4.74 Å². The third-order valence-corrected chi connectivity index (χ3v) is 16.3. The molecule has 22 heteroatoms. The molecular weight excluding hydrogens is 1170 g/mol. The summed E-state index contributed by atoms with van der Waals surface area (Å²) in [5, 5.41) is 31.6. The molecule has 0 atom stereocenters. The lowest BCUT2D eigenvalue weighted by atomic mass is 10.0. The first-order chi connectivity index (χ1) is 45.8. The van der Waals surface area contributed by atoms with Gasteiger partial charge in [-0.15, -0.1) is 0 Å². The molecule has 1 aliphatic rings. The van der Waals surface area contributed by atoms with E-state index in [-0.39, 0.29) is 5.82 Å². The predicted octanol–water partition coefficient (Wildman–Crippen LogP) is 14.5. The zero-order valence-electron chi connectivity index (χ0n) is 50.6. The molecule has 0 spiro atoms. The molecule has 4 aromatic carbocycles. The molecule has 1 fully saturated rings. The first kappa shape index (κ1) is 58.3. The number of morpholine rings is 1. The minimum absolute atomic E-state index is 0.242. The van der Waals surface area contributed by atoms with Crippen molar-refractivity contribution in [1.82, 2.24) is 80.7 Å². The number of nitrogens with one attached hydrogen (secondary N) is 8. The van der Waals surface area contributed by atoms with Crippen molar-refractivity contribution in [3.63, 3.8) is 0 Å². The topological polar surface area (TPSA) is 270 Å². The molecule has 0 unspecified atom stereocenters. The average molecular weight is 1230 g/mol. The Morgan fingerprint density at radius 2 is 0.710 bits per heavy atom. The summed E-state index contributed by atoms with van der Waals surface area (Å²) in [5.74, 6) is 2.00. The minimum atomic E-state index is -0.242. The molecule has 1 saturated heterocycles. The van der Waals surface area contributed by atoms with E-state index < -0.39 is 0 Å². The number of ether oxygens (including phenoxy) is 4. The number of methoxy groups -OCH3 is 3. The number of aromatic amines is 8. The summed E-state index contributed by atoms with van der Waals surface area (Å²) < 4.78 is 34.3. The summed E-state index contributed by atoms with van der Waals surface area (Å²) in [6.45, 7) is 3.49. The zero-order chi connectivity index (χ0) is 63.0. The van der Waals surface area contributed by atoms with Crippen LogP contribution in [0.3, 0.4) is 0 Å². The van der Waals surface area contributed by atoms with Gasteiger partial charge in [-0.3, -0.25) is 20.4 Å². The maximum Gasteiger partial charge on any atom is 0.161 e. The fourth-order valence-electron chi connectivity index (χ4n) is 11.3. The maximum atomic E-state index is 13.0. The van der Waals surface area contributed by atoms with Crippen molar-refractivity contribution in [2.24, 2.45) is 0 Å². The van der Waals surface area contributed by atoms with Crippen molar-refractivity contribution in [2.75, 3.05) is 52.5 Å². The van der Waals surface area contributed by atoms with Crippen LogP contribution in [0.5, 0.6) is 17.2 Å². The molecule has 13 heterocycles. The van der Waals surface area contributed by atoms with E-state index in [1.165, 1.54) is 17.8 Å². The van der Waals surface area contributed by atoms with E-state index in [0.717, 1.165) is 165 Å². The van der Waals surface area contributed by atoms with Gasteiger partial charge < -0.3 is 43.8 Å². The Balaban J connectivity index is 0.000000108. The molecule has 17 rings (SSSR count). The number of rotatable bonds is 12. The number of anilines is 1. The second-order valence-corrected chi connectivity index (χ2v) is 21.7. The SMILES string of the molecule is COc1ccc(-c2cnc3[nH]cc(-c4cn[nH]c4)c3c2)cc1.COc1ccc(-c2cnc3[nH]cc(-c4cn[nH]c4)c3c2)cc1OC.Fc1ccc(-c2cnc3[nH]cc(-c4cn[nH]c4)c3c2)cc1.c1cc(N2CCOCC2)ccc1-c1cnc2[nH]cc(-c3cn[nH]c3)c2c1. The minimum Gasteiger partial charge on any atom is -0.497 e. The van der Waals surface area contributed by atoms with Crippen molar-refractivity contribution in [2.45, 2.75) is 0 Å². The van der Waals surface area contributed by atoms with Gasteiger partial charge in [0.15, 0.2) is 11.5 Å². The van der Waals surface area contributed by atoms with Crippen LogP contribution in [-0.4, -0.2) is 128 Å². The molecule has 8 N–H and O–H groups in total. The zero-order valence-corrected chi connectivity index (χ0v) is 50.6. The van der Waals surface area contributed by atoms with Crippen LogP contribution in [0.4, 0.5) is 10.1 Å². The number of hydrogen-bond donors (Lipinski definition) is 8.